The highest BCUT2D eigenvalue weighted by Gasteiger charge is 2.15. The lowest BCUT2D eigenvalue weighted by Gasteiger charge is -2.19. The van der Waals surface area contributed by atoms with Gasteiger partial charge in [-0.05, 0) is 50.8 Å². The smallest absolute Gasteiger partial charge is 0.0628 e. The van der Waals surface area contributed by atoms with Gasteiger partial charge in [-0.1, -0.05) is 27.7 Å². The number of hydrogen-bond donors (Lipinski definition) is 1. The average molecular weight is 251 g/mol. The van der Waals surface area contributed by atoms with Crippen molar-refractivity contribution >= 4 is 0 Å². The fraction of sp³-hybridized carbons (Fsp3) is 0.800. The molecule has 18 heavy (non-hydrogen) atoms. The van der Waals surface area contributed by atoms with E-state index in [0.29, 0.717) is 17.9 Å². The second-order valence-electron chi connectivity index (χ2n) is 5.52. The van der Waals surface area contributed by atoms with Crippen molar-refractivity contribution in [2.75, 3.05) is 13.6 Å². The normalized spacial score (nSPS) is 13.5. The summed E-state index contributed by atoms with van der Waals surface area (Å²) in [5.41, 5.74) is 1.23. The van der Waals surface area contributed by atoms with Gasteiger partial charge in [0, 0.05) is 6.20 Å². The van der Waals surface area contributed by atoms with Crippen molar-refractivity contribution in [3.63, 3.8) is 0 Å². The maximum atomic E-state index is 4.75. The van der Waals surface area contributed by atoms with Crippen molar-refractivity contribution in [3.8, 4) is 0 Å². The Morgan fingerprint density at radius 2 is 1.94 bits per heavy atom. The molecule has 0 radical (unpaired) electrons. The Bertz CT molecular complexity index is 326. The second-order valence-corrected chi connectivity index (χ2v) is 5.52. The summed E-state index contributed by atoms with van der Waals surface area (Å²) in [5.74, 6) is 1.36. The molecule has 0 aromatic carbocycles. The third kappa shape index (κ3) is 4.13. The zero-order chi connectivity index (χ0) is 13.5. The van der Waals surface area contributed by atoms with Gasteiger partial charge in [-0.15, -0.1) is 0 Å². The molecule has 1 aromatic heterocycles. The van der Waals surface area contributed by atoms with E-state index >= 15 is 0 Å². The molecule has 3 heteroatoms. The summed E-state index contributed by atoms with van der Waals surface area (Å²) in [5, 5.41) is 8.03. The van der Waals surface area contributed by atoms with E-state index in [1.54, 1.807) is 0 Å². The van der Waals surface area contributed by atoms with Crippen molar-refractivity contribution in [1.29, 1.82) is 0 Å². The van der Waals surface area contributed by atoms with Crippen molar-refractivity contribution in [2.24, 2.45) is 11.8 Å². The third-order valence-electron chi connectivity index (χ3n) is 3.86. The van der Waals surface area contributed by atoms with Crippen LogP contribution in [0.1, 0.15) is 52.3 Å². The molecule has 0 saturated carbocycles. The van der Waals surface area contributed by atoms with E-state index in [0.717, 1.165) is 25.8 Å². The van der Waals surface area contributed by atoms with Crippen molar-refractivity contribution < 1.29 is 0 Å². The Hall–Kier alpha value is -0.830. The molecular formula is C15H29N3. The Balaban J connectivity index is 2.67. The molecule has 0 aliphatic rings. The average Bonchev–Trinajstić information content (AvgIpc) is 2.78. The summed E-state index contributed by atoms with van der Waals surface area (Å²) in [4.78, 5) is 0. The molecule has 1 aromatic rings. The van der Waals surface area contributed by atoms with Gasteiger partial charge >= 0.3 is 0 Å². The van der Waals surface area contributed by atoms with E-state index in [1.165, 1.54) is 5.69 Å². The highest BCUT2D eigenvalue weighted by Crippen LogP contribution is 2.18. The predicted molar refractivity (Wildman–Crippen MR) is 77.8 cm³/mol. The van der Waals surface area contributed by atoms with E-state index in [9.17, 15) is 0 Å². The van der Waals surface area contributed by atoms with Crippen LogP contribution in [0.3, 0.4) is 0 Å². The van der Waals surface area contributed by atoms with Gasteiger partial charge in [-0.2, -0.15) is 5.10 Å². The number of hydrogen-bond acceptors (Lipinski definition) is 2. The number of nitrogens with one attached hydrogen (secondary N) is 1. The van der Waals surface area contributed by atoms with E-state index in [-0.39, 0.29) is 0 Å². The summed E-state index contributed by atoms with van der Waals surface area (Å²) >= 11 is 0. The molecule has 0 bridgehead atoms. The number of aromatic nitrogens is 2. The maximum absolute atomic E-state index is 4.75. The highest BCUT2D eigenvalue weighted by molar-refractivity contribution is 5.01. The minimum absolute atomic E-state index is 0.556. The van der Waals surface area contributed by atoms with Gasteiger partial charge in [0.25, 0.3) is 0 Å². The van der Waals surface area contributed by atoms with E-state index in [1.807, 2.05) is 7.05 Å². The molecule has 1 rings (SSSR count). The first-order valence-corrected chi connectivity index (χ1v) is 7.30. The summed E-state index contributed by atoms with van der Waals surface area (Å²) < 4.78 is 2.14. The predicted octanol–water partition coefficient (Wildman–Crippen LogP) is 3.28. The highest BCUT2D eigenvalue weighted by atomic mass is 15.3. The first kappa shape index (κ1) is 15.2. The molecule has 0 amide bonds. The lowest BCUT2D eigenvalue weighted by molar-refractivity contribution is 0.362. The van der Waals surface area contributed by atoms with Crippen molar-refractivity contribution in [3.05, 3.63) is 18.0 Å². The van der Waals surface area contributed by atoms with Crippen LogP contribution in [0, 0.1) is 11.8 Å². The van der Waals surface area contributed by atoms with Crippen LogP contribution in [-0.4, -0.2) is 23.4 Å². The molecule has 104 valence electrons. The van der Waals surface area contributed by atoms with Crippen molar-refractivity contribution in [1.82, 2.24) is 15.1 Å². The second kappa shape index (κ2) is 7.57. The first-order chi connectivity index (χ1) is 8.62. The number of nitrogens with zero attached hydrogens (tertiary/aromatic N) is 2. The molecule has 1 atom stereocenters. The number of rotatable bonds is 8. The van der Waals surface area contributed by atoms with Crippen LogP contribution in [0.2, 0.25) is 0 Å². The Morgan fingerprint density at radius 1 is 1.28 bits per heavy atom. The maximum Gasteiger partial charge on any atom is 0.0628 e. The third-order valence-corrected chi connectivity index (χ3v) is 3.86. The molecule has 3 nitrogen and oxygen atoms in total. The first-order valence-electron chi connectivity index (χ1n) is 7.30. The Labute approximate surface area is 112 Å². The fourth-order valence-electron chi connectivity index (χ4n) is 2.43. The Morgan fingerprint density at radius 3 is 2.44 bits per heavy atom. The monoisotopic (exact) mass is 251 g/mol. The summed E-state index contributed by atoms with van der Waals surface area (Å²) in [6.45, 7) is 10.1. The fourth-order valence-corrected chi connectivity index (χ4v) is 2.43. The minimum Gasteiger partial charge on any atom is -0.319 e. The molecule has 0 spiro atoms. The lowest BCUT2D eigenvalue weighted by atomic mass is 9.91. The van der Waals surface area contributed by atoms with Gasteiger partial charge in [0.15, 0.2) is 0 Å². The van der Waals surface area contributed by atoms with Gasteiger partial charge in [0.2, 0.25) is 0 Å². The van der Waals surface area contributed by atoms with Crippen molar-refractivity contribution in [2.45, 2.75) is 53.0 Å². The topological polar surface area (TPSA) is 29.9 Å². The summed E-state index contributed by atoms with van der Waals surface area (Å²) in [7, 11) is 2.03. The van der Waals surface area contributed by atoms with Crippen LogP contribution < -0.4 is 5.32 Å². The van der Waals surface area contributed by atoms with E-state index in [2.05, 4.69) is 50.0 Å². The lowest BCUT2D eigenvalue weighted by Crippen LogP contribution is -2.25. The molecule has 0 aliphatic carbocycles. The zero-order valence-corrected chi connectivity index (χ0v) is 12.6. The van der Waals surface area contributed by atoms with Crippen LogP contribution in [0.15, 0.2) is 12.3 Å². The molecule has 1 heterocycles. The van der Waals surface area contributed by atoms with Crippen LogP contribution in [0.4, 0.5) is 0 Å². The van der Waals surface area contributed by atoms with Crippen LogP contribution >= 0.6 is 0 Å². The van der Waals surface area contributed by atoms with Crippen LogP contribution in [0.25, 0.3) is 0 Å². The molecule has 0 saturated heterocycles. The van der Waals surface area contributed by atoms with Gasteiger partial charge in [0.1, 0.15) is 0 Å². The van der Waals surface area contributed by atoms with Gasteiger partial charge in [0.05, 0.1) is 11.7 Å². The largest absolute Gasteiger partial charge is 0.319 e. The Kier molecular flexibility index (Phi) is 6.41. The molecule has 1 N–H and O–H groups in total. The molecular weight excluding hydrogens is 222 g/mol. The van der Waals surface area contributed by atoms with Gasteiger partial charge < -0.3 is 5.32 Å². The van der Waals surface area contributed by atoms with E-state index < -0.39 is 0 Å². The molecule has 0 fully saturated rings. The molecule has 1 unspecified atom stereocenters. The van der Waals surface area contributed by atoms with Gasteiger partial charge in [-0.25, -0.2) is 0 Å². The SMILES string of the molecule is CCC(CC)n1ccc(CC(CNC)C(C)C)n1. The van der Waals surface area contributed by atoms with E-state index in [4.69, 9.17) is 5.10 Å². The summed E-state index contributed by atoms with van der Waals surface area (Å²) in [6, 6.07) is 2.74. The van der Waals surface area contributed by atoms with Crippen LogP contribution in [-0.2, 0) is 6.42 Å². The molecule has 0 aliphatic heterocycles. The summed E-state index contributed by atoms with van der Waals surface area (Å²) in [6.07, 6.45) is 5.53. The quantitative estimate of drug-likeness (QED) is 0.768. The van der Waals surface area contributed by atoms with Crippen LogP contribution in [0.5, 0.6) is 0 Å². The zero-order valence-electron chi connectivity index (χ0n) is 12.6. The minimum atomic E-state index is 0.556. The van der Waals surface area contributed by atoms with Gasteiger partial charge in [-0.3, -0.25) is 4.68 Å². The standard InChI is InChI=1S/C15H29N3/c1-6-15(7-2)18-9-8-14(17-18)10-13(11-16-5)12(3)4/h8-9,12-13,15-16H,6-7,10-11H2,1-5H3.